The van der Waals surface area contributed by atoms with E-state index in [9.17, 15) is 0 Å². The van der Waals surface area contributed by atoms with Crippen LogP contribution in [0.1, 0.15) is 26.5 Å². The Morgan fingerprint density at radius 1 is 1.39 bits per heavy atom. The first kappa shape index (κ1) is 12.1. The quantitative estimate of drug-likeness (QED) is 0.812. The third-order valence-corrected chi connectivity index (χ3v) is 3.63. The molecule has 1 aliphatic heterocycles. The van der Waals surface area contributed by atoms with E-state index in [0.29, 0.717) is 12.4 Å². The van der Waals surface area contributed by atoms with Gasteiger partial charge in [-0.05, 0) is 42.8 Å². The zero-order chi connectivity index (χ0) is 13.0. The third kappa shape index (κ3) is 1.84. The van der Waals surface area contributed by atoms with Crippen molar-refractivity contribution in [3.05, 3.63) is 28.8 Å². The molecule has 1 atom stereocenters. The first-order valence-electron chi connectivity index (χ1n) is 5.74. The van der Waals surface area contributed by atoms with Gasteiger partial charge >= 0.3 is 0 Å². The fourth-order valence-electron chi connectivity index (χ4n) is 2.18. The van der Waals surface area contributed by atoms with Crippen LogP contribution in [0.3, 0.4) is 0 Å². The Hall–Kier alpha value is -0.980. The van der Waals surface area contributed by atoms with Gasteiger partial charge in [-0.1, -0.05) is 0 Å². The third-order valence-electron chi connectivity index (χ3n) is 3.04. The second-order valence-corrected chi connectivity index (χ2v) is 5.90. The molecule has 6 heteroatoms. The molecule has 1 aliphatic rings. The Morgan fingerprint density at radius 2 is 2.17 bits per heavy atom. The lowest BCUT2D eigenvalue weighted by molar-refractivity contribution is -0.160. The Balaban J connectivity index is 2.04. The maximum Gasteiger partial charge on any atom is 0.234 e. The molecule has 0 spiro atoms. The highest BCUT2D eigenvalue weighted by molar-refractivity contribution is 9.10. The largest absolute Gasteiger partial charge is 0.347 e. The number of imidazole rings is 1. The van der Waals surface area contributed by atoms with Crippen LogP contribution in [0, 0.1) is 0 Å². The first-order chi connectivity index (χ1) is 8.40. The number of hydrogen-bond donors (Lipinski definition) is 0. The summed E-state index contributed by atoms with van der Waals surface area (Å²) in [6.07, 6.45) is 3.65. The van der Waals surface area contributed by atoms with Crippen LogP contribution >= 0.6 is 15.9 Å². The van der Waals surface area contributed by atoms with Crippen molar-refractivity contribution in [3.63, 3.8) is 0 Å². The van der Waals surface area contributed by atoms with Crippen molar-refractivity contribution in [2.75, 3.05) is 6.61 Å². The zero-order valence-electron chi connectivity index (χ0n) is 10.5. The van der Waals surface area contributed by atoms with Gasteiger partial charge in [0.2, 0.25) is 5.78 Å². The van der Waals surface area contributed by atoms with Crippen LogP contribution in [0.2, 0.25) is 0 Å². The molecule has 0 radical (unpaired) electrons. The van der Waals surface area contributed by atoms with E-state index in [4.69, 9.17) is 9.47 Å². The summed E-state index contributed by atoms with van der Waals surface area (Å²) >= 11 is 3.41. The highest BCUT2D eigenvalue weighted by Gasteiger charge is 2.44. The van der Waals surface area contributed by atoms with E-state index in [1.54, 1.807) is 6.20 Å². The van der Waals surface area contributed by atoms with Crippen molar-refractivity contribution in [2.24, 2.45) is 0 Å². The second kappa shape index (κ2) is 3.76. The van der Waals surface area contributed by atoms with Gasteiger partial charge in [-0.25, -0.2) is 9.97 Å². The lowest BCUT2D eigenvalue weighted by Gasteiger charge is -2.24. The molecule has 1 unspecified atom stereocenters. The molecule has 1 fully saturated rings. The van der Waals surface area contributed by atoms with Crippen molar-refractivity contribution < 1.29 is 9.47 Å². The molecular weight excluding hydrogens is 298 g/mol. The fraction of sp³-hybridized carbons (Fsp3) is 0.500. The van der Waals surface area contributed by atoms with Crippen LogP contribution in [0.25, 0.3) is 5.78 Å². The van der Waals surface area contributed by atoms with Gasteiger partial charge in [-0.15, -0.1) is 0 Å². The van der Waals surface area contributed by atoms with E-state index in [-0.39, 0.29) is 0 Å². The minimum atomic E-state index is -0.571. The van der Waals surface area contributed by atoms with Gasteiger partial charge in [0.1, 0.15) is 10.2 Å². The van der Waals surface area contributed by atoms with E-state index in [0.717, 1.165) is 10.3 Å². The minimum Gasteiger partial charge on any atom is -0.347 e. The molecule has 0 saturated carbocycles. The van der Waals surface area contributed by atoms with E-state index in [1.165, 1.54) is 0 Å². The van der Waals surface area contributed by atoms with Crippen molar-refractivity contribution in [2.45, 2.75) is 32.2 Å². The molecule has 0 bridgehead atoms. The van der Waals surface area contributed by atoms with Gasteiger partial charge in [0.15, 0.2) is 5.79 Å². The summed E-state index contributed by atoms with van der Waals surface area (Å²) in [5, 5.41) is 0. The highest BCUT2D eigenvalue weighted by Crippen LogP contribution is 2.37. The summed E-state index contributed by atoms with van der Waals surface area (Å²) < 4.78 is 14.3. The summed E-state index contributed by atoms with van der Waals surface area (Å²) in [7, 11) is 0. The predicted molar refractivity (Wildman–Crippen MR) is 69.2 cm³/mol. The van der Waals surface area contributed by atoms with Gasteiger partial charge in [-0.2, -0.15) is 0 Å². The molecule has 2 aromatic heterocycles. The zero-order valence-corrected chi connectivity index (χ0v) is 12.1. The summed E-state index contributed by atoms with van der Waals surface area (Å²) in [6, 6.07) is 1.93. The van der Waals surface area contributed by atoms with Crippen molar-refractivity contribution >= 4 is 21.7 Å². The number of nitrogens with zero attached hydrogens (tertiary/aromatic N) is 3. The molecule has 18 heavy (non-hydrogen) atoms. The number of rotatable bonds is 1. The smallest absolute Gasteiger partial charge is 0.234 e. The Morgan fingerprint density at radius 3 is 2.83 bits per heavy atom. The van der Waals surface area contributed by atoms with Crippen molar-refractivity contribution in [1.29, 1.82) is 0 Å². The van der Waals surface area contributed by atoms with E-state index in [1.807, 2.05) is 37.4 Å². The van der Waals surface area contributed by atoms with Crippen LogP contribution in [0.5, 0.6) is 0 Å². The summed E-state index contributed by atoms with van der Waals surface area (Å²) in [4.78, 5) is 8.76. The number of halogens is 1. The maximum absolute atomic E-state index is 5.94. The summed E-state index contributed by atoms with van der Waals surface area (Å²) in [5.74, 6) is 0.0763. The van der Waals surface area contributed by atoms with Gasteiger partial charge in [0.05, 0.1) is 18.5 Å². The monoisotopic (exact) mass is 311 g/mol. The number of hydrogen-bond acceptors (Lipinski definition) is 4. The van der Waals surface area contributed by atoms with E-state index in [2.05, 4.69) is 25.9 Å². The standard InChI is InChI=1S/C12H14BrN3O2/c1-11(2)17-7-12(3,18-11)8-4-5-16-9(13)6-14-10(16)15-8/h4-6H,7H2,1-3H3. The van der Waals surface area contributed by atoms with Crippen LogP contribution in [-0.2, 0) is 15.1 Å². The highest BCUT2D eigenvalue weighted by atomic mass is 79.9. The summed E-state index contributed by atoms with van der Waals surface area (Å²) in [5.41, 5.74) is 0.308. The number of ether oxygens (including phenoxy) is 2. The lowest BCUT2D eigenvalue weighted by Crippen LogP contribution is -2.29. The minimum absolute atomic E-state index is 0.491. The topological polar surface area (TPSA) is 48.7 Å². The SMILES string of the molecule is CC1(C)OCC(C)(c2ccn3c(Br)cnc3n2)O1. The van der Waals surface area contributed by atoms with Gasteiger partial charge < -0.3 is 9.47 Å². The predicted octanol–water partition coefficient (Wildman–Crippen LogP) is 2.49. The fourth-order valence-corrected chi connectivity index (χ4v) is 2.55. The van der Waals surface area contributed by atoms with Crippen LogP contribution in [0.4, 0.5) is 0 Å². The molecule has 1 saturated heterocycles. The average molecular weight is 312 g/mol. The summed E-state index contributed by atoms with van der Waals surface area (Å²) in [6.45, 7) is 6.29. The Bertz CT molecular complexity index is 610. The van der Waals surface area contributed by atoms with E-state index < -0.39 is 11.4 Å². The van der Waals surface area contributed by atoms with Crippen LogP contribution < -0.4 is 0 Å². The maximum atomic E-state index is 5.94. The molecule has 0 N–H and O–H groups in total. The van der Waals surface area contributed by atoms with Gasteiger partial charge in [-0.3, -0.25) is 4.40 Å². The molecule has 3 rings (SSSR count). The molecule has 0 amide bonds. The molecule has 3 heterocycles. The molecule has 5 nitrogen and oxygen atoms in total. The molecular formula is C12H14BrN3O2. The lowest BCUT2D eigenvalue weighted by atomic mass is 10.0. The number of fused-ring (bicyclic) bond motifs is 1. The van der Waals surface area contributed by atoms with Crippen LogP contribution in [0.15, 0.2) is 23.1 Å². The van der Waals surface area contributed by atoms with Gasteiger partial charge in [0, 0.05) is 6.20 Å². The van der Waals surface area contributed by atoms with Gasteiger partial charge in [0.25, 0.3) is 0 Å². The molecule has 0 aromatic carbocycles. The van der Waals surface area contributed by atoms with Crippen LogP contribution in [-0.4, -0.2) is 26.8 Å². The molecule has 2 aromatic rings. The Labute approximate surface area is 113 Å². The molecule has 0 aliphatic carbocycles. The van der Waals surface area contributed by atoms with E-state index >= 15 is 0 Å². The van der Waals surface area contributed by atoms with Crippen molar-refractivity contribution in [3.8, 4) is 0 Å². The number of aromatic nitrogens is 3. The average Bonchev–Trinajstić information content (AvgIpc) is 2.81. The van der Waals surface area contributed by atoms with Crippen molar-refractivity contribution in [1.82, 2.24) is 14.4 Å². The second-order valence-electron chi connectivity index (χ2n) is 5.09. The Kier molecular flexibility index (Phi) is 2.52. The normalized spacial score (nSPS) is 26.9. The first-order valence-corrected chi connectivity index (χ1v) is 6.53. The molecule has 96 valence electrons.